The van der Waals surface area contributed by atoms with Crippen molar-refractivity contribution in [3.8, 4) is 0 Å². The lowest BCUT2D eigenvalue weighted by Crippen LogP contribution is -2.07. The second-order valence-corrected chi connectivity index (χ2v) is 5.01. The van der Waals surface area contributed by atoms with E-state index >= 15 is 0 Å². The summed E-state index contributed by atoms with van der Waals surface area (Å²) in [5.74, 6) is -0.465. The molecule has 3 nitrogen and oxygen atoms in total. The Morgan fingerprint density at radius 1 is 1.13 bits per heavy atom. The molecule has 0 aliphatic carbocycles. The molecule has 0 saturated carbocycles. The Morgan fingerprint density at radius 2 is 1.53 bits per heavy atom. The fourth-order valence-electron chi connectivity index (χ4n) is 0.544. The molecule has 0 aliphatic rings. The molecular formula is C6H4BBr3ClFO3. The molecule has 0 saturated heterocycles. The first-order chi connectivity index (χ1) is 6.77. The van der Waals surface area contributed by atoms with E-state index in [9.17, 15) is 4.39 Å². The van der Waals surface area contributed by atoms with Crippen molar-refractivity contribution in [1.82, 2.24) is 0 Å². The predicted molar refractivity (Wildman–Crippen MR) is 66.9 cm³/mol. The molecule has 0 aliphatic heterocycles. The average molecular weight is 429 g/mol. The zero-order chi connectivity index (χ0) is 12.2. The normalized spacial score (nSPS) is 9.33. The Balaban J connectivity index is 0.000000423. The van der Waals surface area contributed by atoms with Crippen LogP contribution in [0.4, 0.5) is 4.39 Å². The zero-order valence-electron chi connectivity index (χ0n) is 6.89. The van der Waals surface area contributed by atoms with Gasteiger partial charge in [0, 0.05) is 8.95 Å². The van der Waals surface area contributed by atoms with Crippen molar-refractivity contribution in [2.75, 3.05) is 0 Å². The summed E-state index contributed by atoms with van der Waals surface area (Å²) in [6, 6.07) is 1.68. The van der Waals surface area contributed by atoms with E-state index in [-0.39, 0.29) is 5.02 Å². The first-order valence-electron chi connectivity index (χ1n) is 3.30. The van der Waals surface area contributed by atoms with Gasteiger partial charge in [0.15, 0.2) is 5.82 Å². The van der Waals surface area contributed by atoms with Gasteiger partial charge in [-0.2, -0.15) is 0 Å². The van der Waals surface area contributed by atoms with Crippen LogP contribution in [0.1, 0.15) is 0 Å². The van der Waals surface area contributed by atoms with Crippen LogP contribution in [-0.2, 0) is 0 Å². The molecule has 0 amide bonds. The van der Waals surface area contributed by atoms with E-state index in [1.54, 1.807) is 6.07 Å². The molecule has 3 N–H and O–H groups in total. The van der Waals surface area contributed by atoms with Crippen LogP contribution < -0.4 is 0 Å². The molecule has 1 aromatic carbocycles. The van der Waals surface area contributed by atoms with E-state index in [2.05, 4.69) is 47.8 Å². The molecule has 84 valence electrons. The molecule has 0 aromatic heterocycles. The molecule has 0 unspecified atom stereocenters. The average Bonchev–Trinajstić information content (AvgIpc) is 2.11. The summed E-state index contributed by atoms with van der Waals surface area (Å²) in [7, 11) is -2.17. The number of rotatable bonds is 0. The quantitative estimate of drug-likeness (QED) is 0.338. The van der Waals surface area contributed by atoms with E-state index in [1.807, 2.05) is 0 Å². The topological polar surface area (TPSA) is 60.7 Å². The molecule has 0 heterocycles. The molecule has 0 spiro atoms. The van der Waals surface area contributed by atoms with E-state index in [4.69, 9.17) is 26.7 Å². The Bertz CT molecular complexity index is 324. The van der Waals surface area contributed by atoms with Crippen LogP contribution in [0.2, 0.25) is 5.02 Å². The van der Waals surface area contributed by atoms with E-state index in [1.165, 1.54) is 0 Å². The summed E-state index contributed by atoms with van der Waals surface area (Å²) < 4.78 is 14.5. The lowest BCUT2D eigenvalue weighted by molar-refractivity contribution is 0.278. The highest BCUT2D eigenvalue weighted by molar-refractivity contribution is 9.13. The summed E-state index contributed by atoms with van der Waals surface area (Å²) >= 11 is 14.9. The molecule has 1 aromatic rings. The van der Waals surface area contributed by atoms with Crippen molar-refractivity contribution in [1.29, 1.82) is 0 Å². The minimum atomic E-state index is -2.17. The van der Waals surface area contributed by atoms with Gasteiger partial charge in [0.05, 0.1) is 9.50 Å². The number of benzene rings is 1. The predicted octanol–water partition coefficient (Wildman–Crippen LogP) is 2.71. The van der Waals surface area contributed by atoms with E-state index < -0.39 is 13.1 Å². The SMILES string of the molecule is Fc1c(Cl)c(Br)cc(Br)c1Br.OB(O)O. The second kappa shape index (κ2) is 7.21. The Hall–Kier alpha value is 0.825. The number of hydrogen-bond acceptors (Lipinski definition) is 3. The monoisotopic (exact) mass is 426 g/mol. The van der Waals surface area contributed by atoms with Crippen molar-refractivity contribution in [2.24, 2.45) is 0 Å². The first kappa shape index (κ1) is 15.8. The Labute approximate surface area is 116 Å². The van der Waals surface area contributed by atoms with Gasteiger partial charge in [-0.05, 0) is 53.9 Å². The minimum Gasteiger partial charge on any atom is -0.402 e. The van der Waals surface area contributed by atoms with Gasteiger partial charge in [0.1, 0.15) is 0 Å². The van der Waals surface area contributed by atoms with Gasteiger partial charge in [0.2, 0.25) is 0 Å². The van der Waals surface area contributed by atoms with Gasteiger partial charge >= 0.3 is 7.32 Å². The van der Waals surface area contributed by atoms with Gasteiger partial charge < -0.3 is 15.1 Å². The standard InChI is InChI=1S/C6HBr3ClF.BH3O3/c7-2-1-3(8)5(10)6(11)4(2)9;2-1(3)4/h1H;2-4H. The highest BCUT2D eigenvalue weighted by atomic mass is 79.9. The number of hydrogen-bond donors (Lipinski definition) is 3. The third-order valence-corrected chi connectivity index (χ3v) is 4.21. The van der Waals surface area contributed by atoms with Crippen LogP contribution in [0.25, 0.3) is 0 Å². The molecule has 0 fully saturated rings. The largest absolute Gasteiger partial charge is 0.631 e. The van der Waals surface area contributed by atoms with E-state index in [0.717, 1.165) is 0 Å². The molecule has 0 radical (unpaired) electrons. The van der Waals surface area contributed by atoms with Crippen molar-refractivity contribution < 1.29 is 19.5 Å². The summed E-state index contributed by atoms with van der Waals surface area (Å²) in [5, 5.41) is 21.6. The van der Waals surface area contributed by atoms with Gasteiger partial charge in [-0.1, -0.05) is 11.6 Å². The maximum atomic E-state index is 13.0. The highest BCUT2D eigenvalue weighted by Crippen LogP contribution is 2.35. The molecule has 0 atom stereocenters. The van der Waals surface area contributed by atoms with Gasteiger partial charge in [0.25, 0.3) is 0 Å². The maximum Gasteiger partial charge on any atom is 0.631 e. The minimum absolute atomic E-state index is 0.0834. The van der Waals surface area contributed by atoms with Crippen LogP contribution in [0.5, 0.6) is 0 Å². The maximum absolute atomic E-state index is 13.0. The van der Waals surface area contributed by atoms with Crippen LogP contribution in [-0.4, -0.2) is 22.4 Å². The molecule has 0 bridgehead atoms. The third kappa shape index (κ3) is 5.62. The first-order valence-corrected chi connectivity index (χ1v) is 6.05. The van der Waals surface area contributed by atoms with Crippen LogP contribution >= 0.6 is 59.4 Å². The Kier molecular flexibility index (Phi) is 7.61. The summed E-state index contributed by atoms with van der Waals surface area (Å²) in [4.78, 5) is 0. The lowest BCUT2D eigenvalue weighted by Gasteiger charge is -2.01. The fourth-order valence-corrected chi connectivity index (χ4v) is 2.23. The number of halogens is 5. The molecule has 15 heavy (non-hydrogen) atoms. The molecule has 9 heteroatoms. The van der Waals surface area contributed by atoms with Crippen LogP contribution in [0.3, 0.4) is 0 Å². The van der Waals surface area contributed by atoms with Crippen molar-refractivity contribution in [2.45, 2.75) is 0 Å². The third-order valence-electron chi connectivity index (χ3n) is 1.06. The van der Waals surface area contributed by atoms with E-state index in [0.29, 0.717) is 13.4 Å². The second-order valence-electron chi connectivity index (χ2n) is 2.13. The van der Waals surface area contributed by atoms with Gasteiger partial charge in [-0.25, -0.2) is 4.39 Å². The lowest BCUT2D eigenvalue weighted by atomic mass is 10.3. The molecular weight excluding hydrogens is 425 g/mol. The Morgan fingerprint density at radius 3 is 1.93 bits per heavy atom. The zero-order valence-corrected chi connectivity index (χ0v) is 12.4. The highest BCUT2D eigenvalue weighted by Gasteiger charge is 2.11. The van der Waals surface area contributed by atoms with Crippen molar-refractivity contribution in [3.63, 3.8) is 0 Å². The van der Waals surface area contributed by atoms with Crippen molar-refractivity contribution >= 4 is 66.7 Å². The van der Waals surface area contributed by atoms with Gasteiger partial charge in [-0.3, -0.25) is 0 Å². The van der Waals surface area contributed by atoms with Crippen LogP contribution in [0, 0.1) is 5.82 Å². The summed E-state index contributed by atoms with van der Waals surface area (Å²) in [6.45, 7) is 0. The van der Waals surface area contributed by atoms with Crippen molar-refractivity contribution in [3.05, 3.63) is 30.3 Å². The summed E-state index contributed by atoms with van der Waals surface area (Å²) in [5.41, 5.74) is 0. The van der Waals surface area contributed by atoms with Gasteiger partial charge in [-0.15, -0.1) is 0 Å². The fraction of sp³-hybridized carbons (Fsp3) is 0. The molecule has 1 rings (SSSR count). The smallest absolute Gasteiger partial charge is 0.402 e. The van der Waals surface area contributed by atoms with Crippen LogP contribution in [0.15, 0.2) is 19.5 Å². The summed E-state index contributed by atoms with van der Waals surface area (Å²) in [6.07, 6.45) is 0.